The predicted octanol–water partition coefficient (Wildman–Crippen LogP) is -0.505. The van der Waals surface area contributed by atoms with Crippen molar-refractivity contribution in [1.82, 2.24) is 9.88 Å². The highest BCUT2D eigenvalue weighted by Gasteiger charge is 2.15. The minimum Gasteiger partial charge on any atom is -0.508 e. The van der Waals surface area contributed by atoms with Gasteiger partial charge in [-0.05, 0) is 36.7 Å². The van der Waals surface area contributed by atoms with Crippen molar-refractivity contribution >= 4 is 33.2 Å². The largest absolute Gasteiger partial charge is 0.508 e. The van der Waals surface area contributed by atoms with Crippen LogP contribution in [0.5, 0.6) is 5.75 Å². The van der Waals surface area contributed by atoms with Crippen molar-refractivity contribution < 1.29 is 33.0 Å². The minimum atomic E-state index is -4.67. The number of H-pyrrole nitrogens is 1. The van der Waals surface area contributed by atoms with E-state index >= 15 is 0 Å². The highest BCUT2D eigenvalue weighted by atomic mass is 32.3. The summed E-state index contributed by atoms with van der Waals surface area (Å²) in [6.07, 6.45) is 1.54. The van der Waals surface area contributed by atoms with Crippen molar-refractivity contribution in [3.05, 3.63) is 30.0 Å². The summed E-state index contributed by atoms with van der Waals surface area (Å²) in [7, 11) is -2.94. The van der Waals surface area contributed by atoms with Crippen molar-refractivity contribution in [2.24, 2.45) is 16.4 Å². The van der Waals surface area contributed by atoms with Crippen molar-refractivity contribution in [2.75, 3.05) is 20.1 Å². The summed E-state index contributed by atoms with van der Waals surface area (Å²) >= 11 is 0. The fourth-order valence-electron chi connectivity index (χ4n) is 1.93. The van der Waals surface area contributed by atoms with Crippen LogP contribution in [0, 0.1) is 0 Å². The van der Waals surface area contributed by atoms with Crippen LogP contribution in [0.25, 0.3) is 10.9 Å². The van der Waals surface area contributed by atoms with Gasteiger partial charge in [0.1, 0.15) is 15.1 Å². The smallest absolute Gasteiger partial charge is 0.394 e. The zero-order valence-corrected chi connectivity index (χ0v) is 14.4. The summed E-state index contributed by atoms with van der Waals surface area (Å²) in [5.74, 6) is 0.257. The first-order chi connectivity index (χ1) is 13.6. The molecule has 0 atom stereocenters. The van der Waals surface area contributed by atoms with Crippen LogP contribution in [0.2, 0.25) is 2.82 Å². The van der Waals surface area contributed by atoms with E-state index in [9.17, 15) is 9.90 Å². The van der Waals surface area contributed by atoms with E-state index in [1.54, 1.807) is 30.3 Å². The third-order valence-corrected chi connectivity index (χ3v) is 3.02. The third-order valence-electron chi connectivity index (χ3n) is 3.02. The molecule has 11 nitrogen and oxygen atoms in total. The number of aromatic nitrogens is 1. The molecule has 0 saturated carbocycles. The molecule has 0 unspecified atom stereocenters. The molecule has 1 aromatic heterocycles. The Morgan fingerprint density at radius 3 is 2.58 bits per heavy atom. The zero-order chi connectivity index (χ0) is 23.3. The van der Waals surface area contributed by atoms with Crippen LogP contribution in [-0.2, 0) is 21.6 Å². The predicted molar refractivity (Wildman–Crippen MR) is 96.2 cm³/mol. The molecule has 0 fully saturated rings. The summed E-state index contributed by atoms with van der Waals surface area (Å²) in [6.45, 7) is -1.74. The monoisotopic (exact) mass is 391 g/mol. The van der Waals surface area contributed by atoms with Crippen molar-refractivity contribution in [3.63, 3.8) is 0 Å². The summed E-state index contributed by atoms with van der Waals surface area (Å²) in [6, 6.07) is 4.77. The second kappa shape index (κ2) is 9.15. The van der Waals surface area contributed by atoms with Gasteiger partial charge >= 0.3 is 10.4 Å². The molecule has 0 radical (unpaired) electrons. The van der Waals surface area contributed by atoms with Gasteiger partial charge in [-0.1, -0.05) is 0 Å². The number of carbonyl (C=O) groups excluding carboxylic acids is 1. The number of aryl methyl sites for hydroxylation is 1. The Labute approximate surface area is 155 Å². The van der Waals surface area contributed by atoms with Crippen LogP contribution in [-0.4, -0.2) is 64.5 Å². The SMILES string of the molecule is CN1CC(=O)N=C1N.O=S(=O)(O)O.[2H]N([2H])C([2H])([2H])Cc1c[nH]c2ccc(O)cc12. The van der Waals surface area contributed by atoms with Gasteiger partial charge in [0.15, 0.2) is 5.96 Å². The van der Waals surface area contributed by atoms with E-state index in [4.69, 9.17) is 28.8 Å². The highest BCUT2D eigenvalue weighted by Crippen LogP contribution is 2.22. The summed E-state index contributed by atoms with van der Waals surface area (Å²) in [4.78, 5) is 18.4. The number of rotatable bonds is 3. The molecule has 1 aliphatic rings. The van der Waals surface area contributed by atoms with Crippen molar-refractivity contribution in [1.29, 1.82) is 0 Å². The molecule has 2 heterocycles. The number of phenols is 1. The van der Waals surface area contributed by atoms with Gasteiger partial charge in [-0.15, -0.1) is 0 Å². The van der Waals surface area contributed by atoms with E-state index in [0.29, 0.717) is 23.5 Å². The Morgan fingerprint density at radius 1 is 1.46 bits per heavy atom. The quantitative estimate of drug-likeness (QED) is 0.373. The first kappa shape index (κ1) is 15.6. The number of benzene rings is 1. The molecule has 12 heteroatoms. The van der Waals surface area contributed by atoms with E-state index in [1.807, 2.05) is 0 Å². The van der Waals surface area contributed by atoms with Crippen LogP contribution < -0.4 is 11.5 Å². The first-order valence-electron chi connectivity index (χ1n) is 8.84. The van der Waals surface area contributed by atoms with E-state index in [-0.39, 0.29) is 23.8 Å². The number of hydrogen-bond acceptors (Lipinski definition) is 7. The lowest BCUT2D eigenvalue weighted by atomic mass is 10.1. The Balaban J connectivity index is 0.000000286. The van der Waals surface area contributed by atoms with Gasteiger partial charge in [0.2, 0.25) is 0 Å². The molecule has 1 amide bonds. The van der Waals surface area contributed by atoms with Crippen LogP contribution in [0.1, 0.15) is 8.30 Å². The maximum absolute atomic E-state index is 10.4. The molecule has 3 rings (SSSR count). The minimum absolute atomic E-state index is 0.0502. The molecule has 1 aromatic carbocycles. The maximum Gasteiger partial charge on any atom is 0.394 e. The number of aliphatic imine (C=N–C) groups is 1. The van der Waals surface area contributed by atoms with Crippen LogP contribution in [0.3, 0.4) is 0 Å². The number of aromatic hydroxyl groups is 1. The van der Waals surface area contributed by atoms with Crippen LogP contribution in [0.4, 0.5) is 0 Å². The Morgan fingerprint density at radius 2 is 2.12 bits per heavy atom. The Hall–Kier alpha value is -2.67. The average molecular weight is 391 g/mol. The van der Waals surface area contributed by atoms with Gasteiger partial charge in [0.25, 0.3) is 5.91 Å². The third kappa shape index (κ3) is 7.48. The fraction of sp³-hybridized carbons (Fsp3) is 0.286. The Bertz CT molecular complexity index is 1020. The fourth-order valence-corrected chi connectivity index (χ4v) is 1.93. The maximum atomic E-state index is 10.4. The molecule has 26 heavy (non-hydrogen) atoms. The topological polar surface area (TPSA) is 195 Å². The van der Waals surface area contributed by atoms with E-state index in [2.05, 4.69) is 9.98 Å². The van der Waals surface area contributed by atoms with Gasteiger partial charge in [0.05, 0.1) is 0 Å². The zero-order valence-electron chi connectivity index (χ0n) is 17.6. The van der Waals surface area contributed by atoms with Gasteiger partial charge in [0, 0.05) is 26.9 Å². The number of phenolic OH excluding ortho intramolecular Hbond substituents is 1. The molecule has 0 spiro atoms. The van der Waals surface area contributed by atoms with Gasteiger partial charge in [-0.2, -0.15) is 13.4 Å². The van der Waals surface area contributed by atoms with Crippen molar-refractivity contribution in [2.45, 2.75) is 6.42 Å². The highest BCUT2D eigenvalue weighted by molar-refractivity contribution is 7.79. The lowest BCUT2D eigenvalue weighted by Gasteiger charge is -2.05. The van der Waals surface area contributed by atoms with E-state index in [0.717, 1.165) is 5.52 Å². The molecule has 1 aliphatic heterocycles. The number of nitrogens with one attached hydrogen (secondary N) is 1. The normalized spacial score (nSPS) is 16.5. The number of nitrogens with zero attached hydrogens (tertiary/aromatic N) is 2. The van der Waals surface area contributed by atoms with Gasteiger partial charge in [-0.25, -0.2) is 0 Å². The molecule has 2 aromatic rings. The summed E-state index contributed by atoms with van der Waals surface area (Å²) in [5, 5.41) is 10.1. The number of amides is 1. The number of carbonyl (C=O) groups is 1. The molecular weight excluding hydrogens is 366 g/mol. The summed E-state index contributed by atoms with van der Waals surface area (Å²) < 4.78 is 60.6. The number of guanidine groups is 1. The number of nitrogens with two attached hydrogens (primary N) is 2. The number of hydrogen-bond donors (Lipinski definition) is 6. The standard InChI is InChI=1S/C10H12N2O.C4H7N3O.H2O4S/c11-4-3-7-6-12-10-2-1-8(13)5-9(7)10;1-7-2-3(8)6-4(7)5;1-5(2,3)4/h1-2,5-6,12-13H,3-4,11H2;2H2,1H3,(H2,5,6,8);(H2,1,2,3,4)/i4D2;;/hD2. The van der Waals surface area contributed by atoms with Crippen LogP contribution >= 0.6 is 0 Å². The second-order valence-electron chi connectivity index (χ2n) is 5.05. The van der Waals surface area contributed by atoms with E-state index < -0.39 is 16.9 Å². The molecule has 144 valence electrons. The number of fused-ring (bicyclic) bond motifs is 1. The Kier molecular flexibility index (Phi) is 5.48. The average Bonchev–Trinajstić information content (AvgIpc) is 3.08. The van der Waals surface area contributed by atoms with Gasteiger partial charge in [-0.3, -0.25) is 13.9 Å². The molecule has 0 aliphatic carbocycles. The molecule has 0 bridgehead atoms. The van der Waals surface area contributed by atoms with Crippen molar-refractivity contribution in [3.8, 4) is 5.75 Å². The van der Waals surface area contributed by atoms with E-state index in [1.165, 1.54) is 6.07 Å². The second-order valence-corrected chi connectivity index (χ2v) is 5.94. The summed E-state index contributed by atoms with van der Waals surface area (Å²) in [5.41, 5.74) is 6.69. The molecule has 0 saturated heterocycles. The molecule has 8 N–H and O–H groups in total. The lowest BCUT2D eigenvalue weighted by molar-refractivity contribution is -0.116. The first-order valence-corrected chi connectivity index (χ1v) is 8.35. The van der Waals surface area contributed by atoms with Crippen LogP contribution in [0.15, 0.2) is 29.4 Å². The van der Waals surface area contributed by atoms with Gasteiger partial charge < -0.3 is 26.4 Å². The number of likely N-dealkylation sites (N-methyl/N-ethyl adjacent to an activating group) is 1. The lowest BCUT2D eigenvalue weighted by Crippen LogP contribution is -2.29. The molecular formula is C14H21N5O6S. The number of aromatic amines is 1.